The van der Waals surface area contributed by atoms with Crippen molar-refractivity contribution in [1.82, 2.24) is 10.1 Å². The van der Waals surface area contributed by atoms with Crippen molar-refractivity contribution in [2.45, 2.75) is 10.6 Å². The van der Waals surface area contributed by atoms with Crippen molar-refractivity contribution >= 4 is 29.4 Å². The van der Waals surface area contributed by atoms with Crippen molar-refractivity contribution in [3.8, 4) is 0 Å². The molecule has 0 spiro atoms. The Bertz CT molecular complexity index is 521. The molecule has 0 radical (unpaired) electrons. The van der Waals surface area contributed by atoms with Crippen LogP contribution >= 0.6 is 23.4 Å². The van der Waals surface area contributed by atoms with Gasteiger partial charge in [-0.15, -0.1) is 11.8 Å². The predicted octanol–water partition coefficient (Wildman–Crippen LogP) is 3.07. The van der Waals surface area contributed by atoms with Crippen LogP contribution in [0.25, 0.3) is 0 Å². The molecule has 0 saturated heterocycles. The van der Waals surface area contributed by atoms with Crippen molar-refractivity contribution in [2.75, 3.05) is 25.6 Å². The number of nitrogens with one attached hydrogen (secondary N) is 1. The topological polar surface area (TPSA) is 60.2 Å². The summed E-state index contributed by atoms with van der Waals surface area (Å²) in [4.78, 5) is 5.30. The zero-order chi connectivity index (χ0) is 13.5. The van der Waals surface area contributed by atoms with E-state index in [2.05, 4.69) is 15.5 Å². The first-order chi connectivity index (χ1) is 9.28. The Morgan fingerprint density at radius 1 is 1.47 bits per heavy atom. The highest BCUT2D eigenvalue weighted by atomic mass is 35.5. The van der Waals surface area contributed by atoms with E-state index in [9.17, 15) is 0 Å². The van der Waals surface area contributed by atoms with Gasteiger partial charge < -0.3 is 14.6 Å². The quantitative estimate of drug-likeness (QED) is 0.626. The predicted molar refractivity (Wildman–Crippen MR) is 75.7 cm³/mol. The van der Waals surface area contributed by atoms with Crippen LogP contribution in [0, 0.1) is 0 Å². The van der Waals surface area contributed by atoms with E-state index < -0.39 is 0 Å². The number of rotatable bonds is 7. The maximum Gasteiger partial charge on any atom is 0.321 e. The van der Waals surface area contributed by atoms with Gasteiger partial charge in [0.05, 0.1) is 12.4 Å². The summed E-state index contributed by atoms with van der Waals surface area (Å²) in [6.07, 6.45) is 0. The number of ether oxygens (including phenoxy) is 1. The van der Waals surface area contributed by atoms with Crippen molar-refractivity contribution in [2.24, 2.45) is 0 Å². The fraction of sp³-hybridized carbons (Fsp3) is 0.333. The number of anilines is 1. The van der Waals surface area contributed by atoms with Crippen molar-refractivity contribution in [1.29, 1.82) is 0 Å². The molecular weight excluding hydrogens is 286 g/mol. The fourth-order valence-corrected chi connectivity index (χ4v) is 2.40. The first-order valence-electron chi connectivity index (χ1n) is 5.71. The lowest BCUT2D eigenvalue weighted by Crippen LogP contribution is -2.07. The zero-order valence-electron chi connectivity index (χ0n) is 10.4. The van der Waals surface area contributed by atoms with E-state index in [1.165, 1.54) is 0 Å². The summed E-state index contributed by atoms with van der Waals surface area (Å²) in [6.45, 7) is 1.23. The van der Waals surface area contributed by atoms with Crippen LogP contribution in [0.5, 0.6) is 0 Å². The molecule has 0 bridgehead atoms. The number of thioether (sulfide) groups is 1. The molecule has 102 valence electrons. The summed E-state index contributed by atoms with van der Waals surface area (Å²) in [5.74, 6) is 1.28. The van der Waals surface area contributed by atoms with Crippen LogP contribution in [0.15, 0.2) is 33.7 Å². The zero-order valence-corrected chi connectivity index (χ0v) is 12.0. The number of methoxy groups -OCH3 is 1. The van der Waals surface area contributed by atoms with Crippen molar-refractivity contribution < 1.29 is 9.26 Å². The molecule has 0 atom stereocenters. The fourth-order valence-electron chi connectivity index (χ4n) is 1.35. The van der Waals surface area contributed by atoms with E-state index in [1.54, 1.807) is 18.9 Å². The third kappa shape index (κ3) is 4.74. The maximum absolute atomic E-state index is 5.92. The average Bonchev–Trinajstić information content (AvgIpc) is 2.85. The summed E-state index contributed by atoms with van der Waals surface area (Å²) in [5, 5.41) is 7.59. The summed E-state index contributed by atoms with van der Waals surface area (Å²) < 4.78 is 9.97. The second-order valence-corrected chi connectivity index (χ2v) is 5.17. The largest absolute Gasteiger partial charge is 0.383 e. The molecule has 5 nitrogen and oxygen atoms in total. The highest BCUT2D eigenvalue weighted by Crippen LogP contribution is 2.24. The van der Waals surface area contributed by atoms with Gasteiger partial charge in [0, 0.05) is 23.6 Å². The van der Waals surface area contributed by atoms with E-state index in [4.69, 9.17) is 20.9 Å². The molecular formula is C12H14ClN3O2S. The Morgan fingerprint density at radius 2 is 2.37 bits per heavy atom. The van der Waals surface area contributed by atoms with Crippen LogP contribution in [0.4, 0.5) is 6.01 Å². The van der Waals surface area contributed by atoms with Gasteiger partial charge in [-0.3, -0.25) is 0 Å². The Labute approximate surface area is 120 Å². The Balaban J connectivity index is 1.83. The van der Waals surface area contributed by atoms with Gasteiger partial charge in [0.1, 0.15) is 0 Å². The maximum atomic E-state index is 5.92. The van der Waals surface area contributed by atoms with Gasteiger partial charge in [-0.1, -0.05) is 22.8 Å². The highest BCUT2D eigenvalue weighted by molar-refractivity contribution is 7.98. The summed E-state index contributed by atoms with van der Waals surface area (Å²) in [5.41, 5.74) is 0. The van der Waals surface area contributed by atoms with Gasteiger partial charge in [0.2, 0.25) is 0 Å². The SMILES string of the molecule is COCCNc1nc(CSc2cccc(Cl)c2)no1. The number of halogens is 1. The summed E-state index contributed by atoms with van der Waals surface area (Å²) in [7, 11) is 1.64. The number of nitrogens with zero attached hydrogens (tertiary/aromatic N) is 2. The number of hydrogen-bond donors (Lipinski definition) is 1. The highest BCUT2D eigenvalue weighted by Gasteiger charge is 2.06. The molecule has 19 heavy (non-hydrogen) atoms. The van der Waals surface area contributed by atoms with Gasteiger partial charge in [-0.25, -0.2) is 0 Å². The van der Waals surface area contributed by atoms with Crippen LogP contribution < -0.4 is 5.32 Å². The van der Waals surface area contributed by atoms with Gasteiger partial charge in [-0.2, -0.15) is 4.98 Å². The van der Waals surface area contributed by atoms with Gasteiger partial charge in [-0.05, 0) is 18.2 Å². The molecule has 0 aliphatic carbocycles. The minimum absolute atomic E-state index is 0.416. The van der Waals surface area contributed by atoms with Crippen LogP contribution in [-0.4, -0.2) is 30.4 Å². The van der Waals surface area contributed by atoms with Crippen molar-refractivity contribution in [3.63, 3.8) is 0 Å². The third-order valence-electron chi connectivity index (χ3n) is 2.21. The Hall–Kier alpha value is -1.24. The lowest BCUT2D eigenvalue weighted by Gasteiger charge is -1.98. The second-order valence-electron chi connectivity index (χ2n) is 3.68. The molecule has 1 aromatic carbocycles. The number of hydrogen-bond acceptors (Lipinski definition) is 6. The van der Waals surface area contributed by atoms with Crippen LogP contribution in [-0.2, 0) is 10.5 Å². The molecule has 0 saturated carbocycles. The molecule has 0 aliphatic rings. The molecule has 2 aromatic rings. The van der Waals surface area contributed by atoms with Gasteiger partial charge in [0.25, 0.3) is 0 Å². The first-order valence-corrected chi connectivity index (χ1v) is 7.08. The van der Waals surface area contributed by atoms with E-state index in [0.717, 1.165) is 9.92 Å². The lowest BCUT2D eigenvalue weighted by molar-refractivity contribution is 0.210. The Kier molecular flexibility index (Phi) is 5.50. The van der Waals surface area contributed by atoms with Gasteiger partial charge in [0.15, 0.2) is 5.82 Å². The second kappa shape index (κ2) is 7.37. The lowest BCUT2D eigenvalue weighted by atomic mass is 10.4. The molecule has 0 fully saturated rings. The van der Waals surface area contributed by atoms with Crippen LogP contribution in [0.1, 0.15) is 5.82 Å². The third-order valence-corrected chi connectivity index (χ3v) is 3.44. The van der Waals surface area contributed by atoms with Crippen molar-refractivity contribution in [3.05, 3.63) is 35.1 Å². The molecule has 1 N–H and O–H groups in total. The first kappa shape index (κ1) is 14.2. The molecule has 7 heteroatoms. The smallest absolute Gasteiger partial charge is 0.321 e. The summed E-state index contributed by atoms with van der Waals surface area (Å²) >= 11 is 7.52. The standard InChI is InChI=1S/C12H14ClN3O2S/c1-17-6-5-14-12-15-11(16-18-12)8-19-10-4-2-3-9(13)7-10/h2-4,7H,5-6,8H2,1H3,(H,14,15,16). The van der Waals surface area contributed by atoms with Crippen LogP contribution in [0.2, 0.25) is 5.02 Å². The minimum Gasteiger partial charge on any atom is -0.383 e. The molecule has 2 rings (SSSR count). The number of benzene rings is 1. The monoisotopic (exact) mass is 299 g/mol. The van der Waals surface area contributed by atoms with E-state index in [-0.39, 0.29) is 0 Å². The van der Waals surface area contributed by atoms with E-state index in [0.29, 0.717) is 30.7 Å². The molecule has 0 aliphatic heterocycles. The number of aromatic nitrogens is 2. The molecule has 0 amide bonds. The molecule has 0 unspecified atom stereocenters. The van der Waals surface area contributed by atoms with E-state index in [1.807, 2.05) is 24.3 Å². The normalized spacial score (nSPS) is 10.6. The minimum atomic E-state index is 0.416. The molecule has 1 aromatic heterocycles. The van der Waals surface area contributed by atoms with Crippen LogP contribution in [0.3, 0.4) is 0 Å². The molecule has 1 heterocycles. The average molecular weight is 300 g/mol. The summed E-state index contributed by atoms with van der Waals surface area (Å²) in [6, 6.07) is 8.08. The van der Waals surface area contributed by atoms with Gasteiger partial charge >= 0.3 is 6.01 Å². The Morgan fingerprint density at radius 3 is 3.16 bits per heavy atom. The van der Waals surface area contributed by atoms with E-state index >= 15 is 0 Å².